The maximum Gasteiger partial charge on any atom is 0.202 e. The summed E-state index contributed by atoms with van der Waals surface area (Å²) in [6.45, 7) is 0. The summed E-state index contributed by atoms with van der Waals surface area (Å²) in [6, 6.07) is 20.1. The van der Waals surface area contributed by atoms with Gasteiger partial charge in [-0.15, -0.1) is 0 Å². The summed E-state index contributed by atoms with van der Waals surface area (Å²) in [6.07, 6.45) is 2.17. The van der Waals surface area contributed by atoms with Crippen LogP contribution < -0.4 is 0 Å². The number of nitrogens with zero attached hydrogens (tertiary/aromatic N) is 6. The highest BCUT2D eigenvalue weighted by Crippen LogP contribution is 2.72. The summed E-state index contributed by atoms with van der Waals surface area (Å²) in [5.74, 6) is -4.64. The third-order valence-corrected chi connectivity index (χ3v) is 14.2. The van der Waals surface area contributed by atoms with Crippen LogP contribution in [0.5, 0.6) is 0 Å². The van der Waals surface area contributed by atoms with Crippen LogP contribution in [0.1, 0.15) is 86.5 Å². The highest BCUT2D eigenvalue weighted by Gasteiger charge is 2.81. The third kappa shape index (κ3) is 5.59. The number of halogens is 4. The molecule has 2 spiro atoms. The molecule has 4 aromatic carbocycles. The molecule has 4 saturated carbocycles. The quantitative estimate of drug-likeness (QED) is 0.0594. The van der Waals surface area contributed by atoms with Crippen LogP contribution in [0, 0.1) is 23.3 Å². The Morgan fingerprint density at radius 1 is 0.450 bits per heavy atom. The molecule has 6 aliphatic rings. The van der Waals surface area contributed by atoms with Gasteiger partial charge in [0.2, 0.25) is 11.6 Å². The van der Waals surface area contributed by atoms with Gasteiger partial charge in [0.1, 0.15) is 35.5 Å². The van der Waals surface area contributed by atoms with Crippen LogP contribution in [0.15, 0.2) is 107 Å². The second-order valence-corrected chi connectivity index (χ2v) is 17.0. The Hall–Kier alpha value is -5.02. The van der Waals surface area contributed by atoms with Gasteiger partial charge >= 0.3 is 0 Å². The Kier molecular flexibility index (Phi) is 9.32. The molecule has 6 fully saturated rings. The average molecular weight is 825 g/mol. The second kappa shape index (κ2) is 14.3. The first-order chi connectivity index (χ1) is 29.1. The molecule has 4 aliphatic carbocycles. The van der Waals surface area contributed by atoms with Crippen molar-refractivity contribution in [1.82, 2.24) is 0 Å². The van der Waals surface area contributed by atoms with E-state index in [0.29, 0.717) is 47.9 Å². The molecule has 0 unspecified atom stereocenters. The molecule has 12 nitrogen and oxygen atoms in total. The van der Waals surface area contributed by atoms with E-state index in [2.05, 4.69) is 20.1 Å². The molecular formula is C44H40F4N6O6. The lowest BCUT2D eigenvalue weighted by molar-refractivity contribution is -0.528. The van der Waals surface area contributed by atoms with Gasteiger partial charge in [-0.1, -0.05) is 58.8 Å². The Morgan fingerprint density at radius 3 is 1.05 bits per heavy atom. The number of rotatable bonds is 7. The first-order valence-corrected chi connectivity index (χ1v) is 20.3. The van der Waals surface area contributed by atoms with E-state index in [0.717, 1.165) is 25.7 Å². The Bertz CT molecular complexity index is 2200. The SMILES string of the molecule is [N-]=[N+]=N[C@@H]1[C@H]2OC3(CCCC3)OO[C@@]2(c2ccc(F)cc2)C[C@@]1(c1ccc(F)cc1)[C@@]1(c2ccc(F)cc2)C[C@@]2(c3ccc(F)cc3)OOC3(CCCC3)O[C@H]2[C@@H]1N=[N+]=[N-]. The van der Waals surface area contributed by atoms with Crippen LogP contribution >= 0.6 is 0 Å². The molecule has 0 radical (unpaired) electrons. The number of hydrogen-bond donors (Lipinski definition) is 0. The lowest BCUT2D eigenvalue weighted by atomic mass is 9.51. The molecule has 0 aromatic heterocycles. The van der Waals surface area contributed by atoms with Crippen molar-refractivity contribution in [2.24, 2.45) is 10.2 Å². The van der Waals surface area contributed by atoms with E-state index in [-0.39, 0.29) is 12.8 Å². The van der Waals surface area contributed by atoms with E-state index < -0.39 is 81.2 Å². The average Bonchev–Trinajstić information content (AvgIpc) is 4.04. The van der Waals surface area contributed by atoms with Crippen LogP contribution in [0.4, 0.5) is 17.6 Å². The number of hydrogen-bond acceptors (Lipinski definition) is 8. The minimum absolute atomic E-state index is 0.172. The molecule has 60 heavy (non-hydrogen) atoms. The molecule has 0 N–H and O–H groups in total. The number of benzene rings is 4. The van der Waals surface area contributed by atoms with Crippen molar-refractivity contribution in [3.63, 3.8) is 0 Å². The Morgan fingerprint density at radius 2 is 0.750 bits per heavy atom. The van der Waals surface area contributed by atoms with E-state index in [9.17, 15) is 19.8 Å². The minimum Gasteiger partial charge on any atom is -0.340 e. The smallest absolute Gasteiger partial charge is 0.202 e. The molecule has 10 rings (SSSR count). The van der Waals surface area contributed by atoms with Crippen LogP contribution in [0.25, 0.3) is 20.9 Å². The monoisotopic (exact) mass is 824 g/mol. The molecule has 16 heteroatoms. The van der Waals surface area contributed by atoms with Crippen molar-refractivity contribution in [2.75, 3.05) is 0 Å². The summed E-state index contributed by atoms with van der Waals surface area (Å²) in [5, 5.41) is 9.21. The summed E-state index contributed by atoms with van der Waals surface area (Å²) >= 11 is 0. The van der Waals surface area contributed by atoms with Crippen molar-refractivity contribution in [2.45, 2.75) is 122 Å². The lowest BCUT2D eigenvalue weighted by Gasteiger charge is -2.53. The molecule has 310 valence electrons. The third-order valence-electron chi connectivity index (χ3n) is 14.2. The molecule has 2 heterocycles. The van der Waals surface area contributed by atoms with Gasteiger partial charge in [-0.05, 0) is 120 Å². The zero-order valence-electron chi connectivity index (χ0n) is 32.3. The van der Waals surface area contributed by atoms with Crippen molar-refractivity contribution in [3.05, 3.63) is 163 Å². The Labute approximate surface area is 341 Å². The molecular weight excluding hydrogens is 785 g/mol. The van der Waals surface area contributed by atoms with Crippen molar-refractivity contribution < 1.29 is 46.6 Å². The molecule has 2 saturated heterocycles. The van der Waals surface area contributed by atoms with Crippen LogP contribution in [-0.4, -0.2) is 35.9 Å². The fraction of sp³-hybridized carbons (Fsp3) is 0.455. The van der Waals surface area contributed by atoms with Crippen molar-refractivity contribution >= 4 is 0 Å². The van der Waals surface area contributed by atoms with Crippen LogP contribution in [0.3, 0.4) is 0 Å². The van der Waals surface area contributed by atoms with Gasteiger partial charge in [-0.3, -0.25) is 0 Å². The largest absolute Gasteiger partial charge is 0.340 e. The van der Waals surface area contributed by atoms with Gasteiger partial charge in [0.15, 0.2) is 11.2 Å². The second-order valence-electron chi connectivity index (χ2n) is 17.0. The molecule has 0 bridgehead atoms. The number of ether oxygens (including phenoxy) is 2. The van der Waals surface area contributed by atoms with Gasteiger partial charge < -0.3 is 9.47 Å². The number of azide groups is 2. The van der Waals surface area contributed by atoms with Gasteiger partial charge in [0, 0.05) is 46.3 Å². The highest BCUT2D eigenvalue weighted by atomic mass is 19.1. The summed E-state index contributed by atoms with van der Waals surface area (Å²) in [5.41, 5.74) is 16.3. The lowest BCUT2D eigenvalue weighted by Crippen LogP contribution is -2.61. The Balaban J connectivity index is 1.33. The highest BCUT2D eigenvalue weighted by molar-refractivity contribution is 5.53. The fourth-order valence-electron chi connectivity index (χ4n) is 11.7. The minimum atomic E-state index is -1.68. The van der Waals surface area contributed by atoms with E-state index in [4.69, 9.17) is 29.0 Å². The maximum absolute atomic E-state index is 15.2. The van der Waals surface area contributed by atoms with Crippen LogP contribution in [-0.2, 0) is 51.1 Å². The van der Waals surface area contributed by atoms with Gasteiger partial charge in [0.25, 0.3) is 0 Å². The zero-order chi connectivity index (χ0) is 41.4. The number of fused-ring (bicyclic) bond motifs is 2. The van der Waals surface area contributed by atoms with Gasteiger partial charge in [0.05, 0.1) is 12.1 Å². The summed E-state index contributed by atoms with van der Waals surface area (Å²) in [7, 11) is 0. The van der Waals surface area contributed by atoms with E-state index in [1.54, 1.807) is 48.5 Å². The van der Waals surface area contributed by atoms with E-state index in [1.165, 1.54) is 48.5 Å². The predicted octanol–water partition coefficient (Wildman–Crippen LogP) is 10.6. The summed E-state index contributed by atoms with van der Waals surface area (Å²) < 4.78 is 74.1. The van der Waals surface area contributed by atoms with Gasteiger partial charge in [-0.2, -0.15) is 0 Å². The van der Waals surface area contributed by atoms with Crippen molar-refractivity contribution in [3.8, 4) is 0 Å². The summed E-state index contributed by atoms with van der Waals surface area (Å²) in [4.78, 5) is 32.9. The van der Waals surface area contributed by atoms with Gasteiger partial charge in [-0.25, -0.2) is 37.1 Å². The standard InChI is InChI=1S/C44H40F4N6O6/c45-31-13-5-27(6-14-31)41(25-43(29-9-17-33(47)18-10-29)37(35(41)51-53-49)55-39(57-59-43)21-1-2-22-39)42(28-7-15-32(46)16-8-28)26-44(30-11-19-34(48)20-12-30)38(36(42)52-54-50)56-40(58-60-44)23-3-4-24-40/h5-20,35-38H,1-4,21-26H2/t35-,36+,37-,38+,41+,42-,43-,44+. The normalized spacial score (nSPS) is 34.8. The fourth-order valence-corrected chi connectivity index (χ4v) is 11.7. The molecule has 4 aromatic rings. The maximum atomic E-state index is 15.2. The van der Waals surface area contributed by atoms with E-state index in [1.807, 2.05) is 0 Å². The van der Waals surface area contributed by atoms with Crippen LogP contribution in [0.2, 0.25) is 0 Å². The molecule has 8 atom stereocenters. The zero-order valence-corrected chi connectivity index (χ0v) is 32.3. The van der Waals surface area contributed by atoms with Crippen molar-refractivity contribution in [1.29, 1.82) is 0 Å². The first kappa shape index (κ1) is 39.1. The topological polar surface area (TPSA) is 153 Å². The first-order valence-electron chi connectivity index (χ1n) is 20.3. The molecule has 2 aliphatic heterocycles. The van der Waals surface area contributed by atoms with E-state index >= 15 is 8.78 Å². The predicted molar refractivity (Wildman–Crippen MR) is 204 cm³/mol. The molecule has 0 amide bonds.